The lowest BCUT2D eigenvalue weighted by molar-refractivity contribution is 1.10. The SMILES string of the molecule is Cc1cccc(-c2sc(CN)cc2C)c1. The van der Waals surface area contributed by atoms with E-state index in [1.54, 1.807) is 11.3 Å². The Labute approximate surface area is 94.6 Å². The van der Waals surface area contributed by atoms with Crippen LogP contribution in [0.4, 0.5) is 0 Å². The summed E-state index contributed by atoms with van der Waals surface area (Å²) >= 11 is 1.80. The number of hydrogen-bond donors (Lipinski definition) is 1. The van der Waals surface area contributed by atoms with Crippen molar-refractivity contribution >= 4 is 11.3 Å². The highest BCUT2D eigenvalue weighted by Gasteiger charge is 2.06. The molecule has 0 aliphatic rings. The van der Waals surface area contributed by atoms with Crippen molar-refractivity contribution in [3.05, 3.63) is 46.3 Å². The lowest BCUT2D eigenvalue weighted by Gasteiger charge is -2.00. The smallest absolute Gasteiger partial charge is 0.0375 e. The van der Waals surface area contributed by atoms with Crippen LogP contribution in [0.2, 0.25) is 0 Å². The fraction of sp³-hybridized carbons (Fsp3) is 0.231. The minimum Gasteiger partial charge on any atom is -0.326 e. The van der Waals surface area contributed by atoms with Crippen LogP contribution in [-0.2, 0) is 6.54 Å². The van der Waals surface area contributed by atoms with Crippen LogP contribution in [0.5, 0.6) is 0 Å². The molecule has 1 aromatic carbocycles. The average Bonchev–Trinajstić information content (AvgIpc) is 2.60. The van der Waals surface area contributed by atoms with Gasteiger partial charge in [0, 0.05) is 16.3 Å². The van der Waals surface area contributed by atoms with Gasteiger partial charge in [0.1, 0.15) is 0 Å². The van der Waals surface area contributed by atoms with Gasteiger partial charge in [-0.1, -0.05) is 29.8 Å². The summed E-state index contributed by atoms with van der Waals surface area (Å²) in [6, 6.07) is 10.8. The van der Waals surface area contributed by atoms with Crippen molar-refractivity contribution in [2.75, 3.05) is 0 Å². The molecule has 0 saturated carbocycles. The maximum Gasteiger partial charge on any atom is 0.0375 e. The largest absolute Gasteiger partial charge is 0.326 e. The molecule has 0 fully saturated rings. The highest BCUT2D eigenvalue weighted by atomic mass is 32.1. The summed E-state index contributed by atoms with van der Waals surface area (Å²) in [6.07, 6.45) is 0. The van der Waals surface area contributed by atoms with Crippen LogP contribution in [0.15, 0.2) is 30.3 Å². The summed E-state index contributed by atoms with van der Waals surface area (Å²) in [5, 5.41) is 0. The molecule has 0 bridgehead atoms. The van der Waals surface area contributed by atoms with Crippen LogP contribution in [0, 0.1) is 13.8 Å². The average molecular weight is 217 g/mol. The molecule has 0 unspecified atom stereocenters. The van der Waals surface area contributed by atoms with Crippen molar-refractivity contribution in [2.45, 2.75) is 20.4 Å². The highest BCUT2D eigenvalue weighted by Crippen LogP contribution is 2.32. The second-order valence-corrected chi connectivity index (χ2v) is 4.94. The molecule has 0 saturated heterocycles. The Balaban J connectivity index is 2.48. The third-order valence-electron chi connectivity index (χ3n) is 2.45. The monoisotopic (exact) mass is 217 g/mol. The summed E-state index contributed by atoms with van der Waals surface area (Å²) in [4.78, 5) is 2.60. The molecule has 0 aliphatic heterocycles. The lowest BCUT2D eigenvalue weighted by Crippen LogP contribution is -1.91. The number of aryl methyl sites for hydroxylation is 2. The summed E-state index contributed by atoms with van der Waals surface area (Å²) in [6.45, 7) is 4.90. The molecular formula is C13H15NS. The normalized spacial score (nSPS) is 10.6. The molecule has 0 spiro atoms. The zero-order valence-corrected chi connectivity index (χ0v) is 9.90. The summed E-state index contributed by atoms with van der Waals surface area (Å²) in [5.41, 5.74) is 9.58. The van der Waals surface area contributed by atoms with E-state index in [1.165, 1.54) is 26.4 Å². The third kappa shape index (κ3) is 2.11. The Morgan fingerprint density at radius 3 is 2.60 bits per heavy atom. The minimum atomic E-state index is 0.636. The molecule has 0 amide bonds. The molecule has 2 rings (SSSR count). The van der Waals surface area contributed by atoms with Gasteiger partial charge in [-0.2, -0.15) is 0 Å². The zero-order chi connectivity index (χ0) is 10.8. The minimum absolute atomic E-state index is 0.636. The number of hydrogen-bond acceptors (Lipinski definition) is 2. The summed E-state index contributed by atoms with van der Waals surface area (Å²) in [7, 11) is 0. The second kappa shape index (κ2) is 4.17. The van der Waals surface area contributed by atoms with E-state index < -0.39 is 0 Å². The van der Waals surface area contributed by atoms with E-state index >= 15 is 0 Å². The third-order valence-corrected chi connectivity index (χ3v) is 3.76. The molecule has 1 nitrogen and oxygen atoms in total. The van der Waals surface area contributed by atoms with Crippen molar-refractivity contribution in [3.63, 3.8) is 0 Å². The predicted octanol–water partition coefficient (Wildman–Crippen LogP) is 3.49. The van der Waals surface area contributed by atoms with Gasteiger partial charge in [0.15, 0.2) is 0 Å². The van der Waals surface area contributed by atoms with Gasteiger partial charge in [-0.15, -0.1) is 11.3 Å². The van der Waals surface area contributed by atoms with E-state index in [0.29, 0.717) is 6.54 Å². The van der Waals surface area contributed by atoms with Crippen molar-refractivity contribution in [3.8, 4) is 10.4 Å². The molecule has 2 heteroatoms. The zero-order valence-electron chi connectivity index (χ0n) is 9.08. The van der Waals surface area contributed by atoms with Crippen LogP contribution >= 0.6 is 11.3 Å². The van der Waals surface area contributed by atoms with Crippen LogP contribution in [0.1, 0.15) is 16.0 Å². The van der Waals surface area contributed by atoms with E-state index in [4.69, 9.17) is 5.73 Å². The molecule has 0 aliphatic carbocycles. The Morgan fingerprint density at radius 2 is 2.00 bits per heavy atom. The first kappa shape index (κ1) is 10.4. The first-order valence-corrected chi connectivity index (χ1v) is 5.89. The number of thiophene rings is 1. The van der Waals surface area contributed by atoms with E-state index in [0.717, 1.165) is 0 Å². The standard InChI is InChI=1S/C13H15NS/c1-9-4-3-5-11(6-9)13-10(2)7-12(8-14)15-13/h3-7H,8,14H2,1-2H3. The van der Waals surface area contributed by atoms with Crippen LogP contribution in [-0.4, -0.2) is 0 Å². The molecule has 0 radical (unpaired) electrons. The van der Waals surface area contributed by atoms with Crippen LogP contribution in [0.25, 0.3) is 10.4 Å². The van der Waals surface area contributed by atoms with Gasteiger partial charge in [0.25, 0.3) is 0 Å². The molecule has 15 heavy (non-hydrogen) atoms. The molecule has 0 atom stereocenters. The topological polar surface area (TPSA) is 26.0 Å². The molecular weight excluding hydrogens is 202 g/mol. The lowest BCUT2D eigenvalue weighted by atomic mass is 10.1. The first-order valence-electron chi connectivity index (χ1n) is 5.07. The predicted molar refractivity (Wildman–Crippen MR) is 67.1 cm³/mol. The molecule has 2 N–H and O–H groups in total. The van der Waals surface area contributed by atoms with Gasteiger partial charge in [0.05, 0.1) is 0 Å². The van der Waals surface area contributed by atoms with E-state index in [2.05, 4.69) is 44.2 Å². The molecule has 2 aromatic rings. The van der Waals surface area contributed by atoms with Gasteiger partial charge < -0.3 is 5.73 Å². The van der Waals surface area contributed by atoms with Gasteiger partial charge in [-0.05, 0) is 31.0 Å². The van der Waals surface area contributed by atoms with Gasteiger partial charge in [-0.25, -0.2) is 0 Å². The summed E-state index contributed by atoms with van der Waals surface area (Å²) < 4.78 is 0. The number of rotatable bonds is 2. The number of benzene rings is 1. The molecule has 1 aromatic heterocycles. The van der Waals surface area contributed by atoms with Crippen molar-refractivity contribution in [1.82, 2.24) is 0 Å². The quantitative estimate of drug-likeness (QED) is 0.818. The van der Waals surface area contributed by atoms with Gasteiger partial charge >= 0.3 is 0 Å². The van der Waals surface area contributed by atoms with Crippen LogP contribution < -0.4 is 5.73 Å². The van der Waals surface area contributed by atoms with E-state index in [9.17, 15) is 0 Å². The second-order valence-electron chi connectivity index (χ2n) is 3.80. The van der Waals surface area contributed by atoms with Gasteiger partial charge in [-0.3, -0.25) is 0 Å². The van der Waals surface area contributed by atoms with Crippen molar-refractivity contribution in [1.29, 1.82) is 0 Å². The van der Waals surface area contributed by atoms with Crippen molar-refractivity contribution in [2.24, 2.45) is 5.73 Å². The van der Waals surface area contributed by atoms with E-state index in [-0.39, 0.29) is 0 Å². The Hall–Kier alpha value is -1.12. The van der Waals surface area contributed by atoms with Crippen molar-refractivity contribution < 1.29 is 0 Å². The molecule has 78 valence electrons. The van der Waals surface area contributed by atoms with E-state index in [1.807, 2.05) is 0 Å². The maximum absolute atomic E-state index is 5.65. The number of nitrogens with two attached hydrogens (primary N) is 1. The van der Waals surface area contributed by atoms with Crippen LogP contribution in [0.3, 0.4) is 0 Å². The fourth-order valence-electron chi connectivity index (χ4n) is 1.72. The molecule has 1 heterocycles. The first-order chi connectivity index (χ1) is 7.20. The van der Waals surface area contributed by atoms with Gasteiger partial charge in [0.2, 0.25) is 0 Å². The fourth-order valence-corrected chi connectivity index (χ4v) is 2.77. The Bertz CT molecular complexity index is 471. The highest BCUT2D eigenvalue weighted by molar-refractivity contribution is 7.15. The Morgan fingerprint density at radius 1 is 1.20 bits per heavy atom. The maximum atomic E-state index is 5.65. The Kier molecular flexibility index (Phi) is 2.89. The summed E-state index contributed by atoms with van der Waals surface area (Å²) in [5.74, 6) is 0.